The van der Waals surface area contributed by atoms with Crippen molar-refractivity contribution < 1.29 is 14.3 Å². The maximum absolute atomic E-state index is 13.6. The third-order valence-corrected chi connectivity index (χ3v) is 5.85. The summed E-state index contributed by atoms with van der Waals surface area (Å²) in [6, 6.07) is 20.6. The quantitative estimate of drug-likeness (QED) is 0.346. The van der Waals surface area contributed by atoms with Crippen LogP contribution in [-0.2, 0) is 13.7 Å². The number of carbonyl (C=O) groups is 1. The highest BCUT2D eigenvalue weighted by molar-refractivity contribution is 6.13. The third-order valence-electron chi connectivity index (χ3n) is 5.85. The number of nitrogens with zero attached hydrogens (tertiary/aromatic N) is 4. The number of methoxy groups -OCH3 is 1. The Balaban J connectivity index is 1.48. The van der Waals surface area contributed by atoms with E-state index >= 15 is 0 Å². The van der Waals surface area contributed by atoms with Gasteiger partial charge in [0.2, 0.25) is 0 Å². The van der Waals surface area contributed by atoms with Gasteiger partial charge < -0.3 is 14.8 Å². The van der Waals surface area contributed by atoms with E-state index in [1.165, 1.54) is 0 Å². The van der Waals surface area contributed by atoms with Gasteiger partial charge in [-0.1, -0.05) is 30.3 Å². The molecular weight excluding hydrogens is 454 g/mol. The van der Waals surface area contributed by atoms with Gasteiger partial charge >= 0.3 is 0 Å². The van der Waals surface area contributed by atoms with E-state index in [0.29, 0.717) is 40.7 Å². The van der Waals surface area contributed by atoms with Crippen molar-refractivity contribution >= 4 is 22.6 Å². The van der Waals surface area contributed by atoms with Gasteiger partial charge in [-0.15, -0.1) is 0 Å². The van der Waals surface area contributed by atoms with Crippen LogP contribution < -0.4 is 14.8 Å². The first-order valence-electron chi connectivity index (χ1n) is 11.4. The predicted molar refractivity (Wildman–Crippen MR) is 138 cm³/mol. The summed E-state index contributed by atoms with van der Waals surface area (Å²) in [6.45, 7) is 2.22. The number of rotatable bonds is 7. The van der Waals surface area contributed by atoms with Crippen LogP contribution in [0.5, 0.6) is 11.5 Å². The molecule has 180 valence electrons. The molecule has 36 heavy (non-hydrogen) atoms. The zero-order chi connectivity index (χ0) is 25.1. The van der Waals surface area contributed by atoms with Crippen molar-refractivity contribution in [1.29, 1.82) is 0 Å². The number of benzene rings is 2. The van der Waals surface area contributed by atoms with Crippen LogP contribution in [0.25, 0.3) is 22.3 Å². The lowest BCUT2D eigenvalue weighted by atomic mass is 10.0. The van der Waals surface area contributed by atoms with Gasteiger partial charge in [0.25, 0.3) is 5.91 Å². The van der Waals surface area contributed by atoms with Gasteiger partial charge in [0, 0.05) is 36.8 Å². The number of carbonyl (C=O) groups excluding carboxylic acids is 1. The maximum Gasteiger partial charge on any atom is 0.256 e. The Morgan fingerprint density at radius 2 is 1.78 bits per heavy atom. The van der Waals surface area contributed by atoms with Crippen molar-refractivity contribution in [2.24, 2.45) is 7.05 Å². The summed E-state index contributed by atoms with van der Waals surface area (Å²) in [5, 5.41) is 8.22. The van der Waals surface area contributed by atoms with Crippen molar-refractivity contribution in [3.63, 3.8) is 0 Å². The molecule has 2 aromatic carbocycles. The number of nitrogens with one attached hydrogen (secondary N) is 1. The molecule has 8 nitrogen and oxygen atoms in total. The van der Waals surface area contributed by atoms with Crippen LogP contribution in [0.3, 0.4) is 0 Å². The Morgan fingerprint density at radius 1 is 1.00 bits per heavy atom. The van der Waals surface area contributed by atoms with Gasteiger partial charge in [-0.2, -0.15) is 5.10 Å². The highest BCUT2D eigenvalue weighted by atomic mass is 16.5. The van der Waals surface area contributed by atoms with Crippen molar-refractivity contribution in [2.75, 3.05) is 12.4 Å². The van der Waals surface area contributed by atoms with Crippen LogP contribution in [0.2, 0.25) is 0 Å². The second kappa shape index (κ2) is 9.87. The molecule has 1 amide bonds. The van der Waals surface area contributed by atoms with Crippen LogP contribution in [0.1, 0.15) is 21.6 Å². The van der Waals surface area contributed by atoms with Crippen molar-refractivity contribution in [3.8, 4) is 22.8 Å². The fraction of sp³-hybridized carbons (Fsp3) is 0.143. The number of aryl methyl sites for hydroxylation is 2. The fourth-order valence-corrected chi connectivity index (χ4v) is 4.09. The Kier molecular flexibility index (Phi) is 6.32. The Labute approximate surface area is 208 Å². The molecule has 0 aliphatic rings. The van der Waals surface area contributed by atoms with E-state index in [9.17, 15) is 4.79 Å². The average molecular weight is 480 g/mol. The monoisotopic (exact) mass is 479 g/mol. The van der Waals surface area contributed by atoms with Crippen LogP contribution in [0.15, 0.2) is 79.1 Å². The maximum atomic E-state index is 13.6. The first-order valence-corrected chi connectivity index (χ1v) is 11.4. The normalized spacial score (nSPS) is 10.9. The van der Waals surface area contributed by atoms with Crippen LogP contribution >= 0.6 is 0 Å². The van der Waals surface area contributed by atoms with Gasteiger partial charge in [0.15, 0.2) is 17.1 Å². The lowest BCUT2D eigenvalue weighted by Gasteiger charge is -2.14. The SMILES string of the molecule is COc1ccc(NC(=O)c2cc(-c3ccccc3)nc3c2c(C)nn3C)cc1OCc1ccncc1. The largest absolute Gasteiger partial charge is 0.493 e. The molecule has 0 spiro atoms. The second-order valence-electron chi connectivity index (χ2n) is 8.29. The molecule has 0 bridgehead atoms. The minimum atomic E-state index is -0.263. The zero-order valence-electron chi connectivity index (χ0n) is 20.2. The highest BCUT2D eigenvalue weighted by Gasteiger charge is 2.20. The fourth-order valence-electron chi connectivity index (χ4n) is 4.09. The predicted octanol–water partition coefficient (Wildman–Crippen LogP) is 5.18. The lowest BCUT2D eigenvalue weighted by Crippen LogP contribution is -2.13. The standard InChI is InChI=1S/C28H25N5O3/c1-18-26-22(16-23(20-7-5-4-6-8-20)31-27(26)33(2)32-18)28(34)30-21-9-10-24(35-3)25(15-21)36-17-19-11-13-29-14-12-19/h4-16H,17H2,1-3H3,(H,30,34). The summed E-state index contributed by atoms with van der Waals surface area (Å²) < 4.78 is 13.1. The summed E-state index contributed by atoms with van der Waals surface area (Å²) >= 11 is 0. The van der Waals surface area contributed by atoms with Crippen LogP contribution in [-0.4, -0.2) is 32.8 Å². The molecule has 0 saturated heterocycles. The summed E-state index contributed by atoms with van der Waals surface area (Å²) in [6.07, 6.45) is 3.43. The number of pyridine rings is 2. The molecule has 1 N–H and O–H groups in total. The molecule has 5 aromatic rings. The Bertz CT molecular complexity index is 1530. The van der Waals surface area contributed by atoms with E-state index in [1.54, 1.807) is 42.4 Å². The molecule has 0 radical (unpaired) electrons. The van der Waals surface area contributed by atoms with E-state index in [2.05, 4.69) is 15.4 Å². The van der Waals surface area contributed by atoms with E-state index < -0.39 is 0 Å². The lowest BCUT2D eigenvalue weighted by molar-refractivity contribution is 0.102. The summed E-state index contributed by atoms with van der Waals surface area (Å²) in [4.78, 5) is 22.4. The number of ether oxygens (including phenoxy) is 2. The first kappa shape index (κ1) is 23.0. The molecule has 3 aromatic heterocycles. The average Bonchev–Trinajstić information content (AvgIpc) is 3.21. The van der Waals surface area contributed by atoms with E-state index in [1.807, 2.05) is 62.5 Å². The summed E-state index contributed by atoms with van der Waals surface area (Å²) in [5.74, 6) is 0.832. The number of aromatic nitrogens is 4. The van der Waals surface area contributed by atoms with Gasteiger partial charge in [0.05, 0.1) is 29.4 Å². The summed E-state index contributed by atoms with van der Waals surface area (Å²) in [7, 11) is 3.41. The Morgan fingerprint density at radius 3 is 2.53 bits per heavy atom. The molecule has 0 aliphatic heterocycles. The zero-order valence-corrected chi connectivity index (χ0v) is 20.2. The van der Waals surface area contributed by atoms with Gasteiger partial charge in [-0.3, -0.25) is 14.5 Å². The van der Waals surface area contributed by atoms with Crippen LogP contribution in [0, 0.1) is 6.92 Å². The third kappa shape index (κ3) is 4.61. The topological polar surface area (TPSA) is 91.2 Å². The van der Waals surface area contributed by atoms with Crippen molar-refractivity contribution in [1.82, 2.24) is 19.7 Å². The molecule has 0 atom stereocenters. The van der Waals surface area contributed by atoms with Crippen molar-refractivity contribution in [2.45, 2.75) is 13.5 Å². The molecule has 3 heterocycles. The second-order valence-corrected chi connectivity index (χ2v) is 8.29. The van der Waals surface area contributed by atoms with Crippen LogP contribution in [0.4, 0.5) is 5.69 Å². The van der Waals surface area contributed by atoms with E-state index in [4.69, 9.17) is 14.5 Å². The number of amides is 1. The molecule has 0 unspecified atom stereocenters. The minimum absolute atomic E-state index is 0.263. The molecule has 5 rings (SSSR count). The van der Waals surface area contributed by atoms with Gasteiger partial charge in [-0.05, 0) is 42.8 Å². The molecular formula is C28H25N5O3. The molecule has 8 heteroatoms. The number of fused-ring (bicyclic) bond motifs is 1. The highest BCUT2D eigenvalue weighted by Crippen LogP contribution is 2.32. The molecule has 0 aliphatic carbocycles. The Hall–Kier alpha value is -4.72. The number of anilines is 1. The first-order chi connectivity index (χ1) is 17.5. The van der Waals surface area contributed by atoms with E-state index in [0.717, 1.165) is 22.2 Å². The number of hydrogen-bond acceptors (Lipinski definition) is 6. The number of hydrogen-bond donors (Lipinski definition) is 1. The molecule has 0 fully saturated rings. The molecule has 0 saturated carbocycles. The van der Waals surface area contributed by atoms with Gasteiger partial charge in [0.1, 0.15) is 6.61 Å². The smallest absolute Gasteiger partial charge is 0.256 e. The summed E-state index contributed by atoms with van der Waals surface area (Å²) in [5.41, 5.74) is 5.06. The van der Waals surface area contributed by atoms with Crippen molar-refractivity contribution in [3.05, 3.63) is 95.9 Å². The minimum Gasteiger partial charge on any atom is -0.493 e. The van der Waals surface area contributed by atoms with Gasteiger partial charge in [-0.25, -0.2) is 4.98 Å². The van der Waals surface area contributed by atoms with E-state index in [-0.39, 0.29) is 5.91 Å².